The summed E-state index contributed by atoms with van der Waals surface area (Å²) in [6.07, 6.45) is 1.22. The first-order valence-corrected chi connectivity index (χ1v) is 11.3. The van der Waals surface area contributed by atoms with Gasteiger partial charge in [-0.1, -0.05) is 42.5 Å². The Morgan fingerprint density at radius 1 is 0.879 bits per heavy atom. The topological polar surface area (TPSA) is 53.6 Å². The fourth-order valence-electron chi connectivity index (χ4n) is 4.93. The zero-order valence-electron chi connectivity index (χ0n) is 19.3. The minimum Gasteiger partial charge on any atom is -0.496 e. The third kappa shape index (κ3) is 3.95. The van der Waals surface area contributed by atoms with Crippen LogP contribution >= 0.6 is 0 Å². The molecule has 1 aliphatic heterocycles. The van der Waals surface area contributed by atoms with Crippen molar-refractivity contribution in [2.45, 2.75) is 24.8 Å². The van der Waals surface area contributed by atoms with Gasteiger partial charge in [0.1, 0.15) is 5.75 Å². The number of ether oxygens (including phenoxy) is 1. The summed E-state index contributed by atoms with van der Waals surface area (Å²) < 4.78 is 5.61. The molecular weight excluding hydrogens is 410 g/mol. The maximum absolute atomic E-state index is 13.7. The average Bonchev–Trinajstić information content (AvgIpc) is 3.01. The second-order valence-electron chi connectivity index (χ2n) is 8.90. The molecule has 0 spiro atoms. The molecule has 1 aliphatic carbocycles. The van der Waals surface area contributed by atoms with Gasteiger partial charge in [-0.3, -0.25) is 4.79 Å². The van der Waals surface area contributed by atoms with E-state index in [1.807, 2.05) is 44.4 Å². The second kappa shape index (κ2) is 8.66. The Morgan fingerprint density at radius 3 is 2.30 bits per heavy atom. The summed E-state index contributed by atoms with van der Waals surface area (Å²) >= 11 is 0. The van der Waals surface area contributed by atoms with Crippen LogP contribution in [0.5, 0.6) is 5.75 Å². The van der Waals surface area contributed by atoms with E-state index in [0.29, 0.717) is 6.42 Å². The molecule has 0 saturated heterocycles. The number of anilines is 3. The van der Waals surface area contributed by atoms with Crippen LogP contribution in [0.15, 0.2) is 84.1 Å². The molecule has 2 atom stereocenters. The lowest BCUT2D eigenvalue weighted by Crippen LogP contribution is -2.27. The maximum Gasteiger partial charge on any atom is 0.163 e. The highest BCUT2D eigenvalue weighted by Crippen LogP contribution is 2.45. The number of carbonyl (C=O) groups excluding carboxylic acids is 1. The molecule has 0 radical (unpaired) electrons. The molecule has 168 valence electrons. The van der Waals surface area contributed by atoms with Crippen LogP contribution in [0.2, 0.25) is 0 Å². The highest BCUT2D eigenvalue weighted by atomic mass is 16.5. The number of nitrogens with zero attached hydrogens (tertiary/aromatic N) is 1. The Hall–Kier alpha value is -3.73. The summed E-state index contributed by atoms with van der Waals surface area (Å²) in [7, 11) is 5.75. The number of ketones is 1. The molecule has 33 heavy (non-hydrogen) atoms. The number of para-hydroxylation sites is 3. The van der Waals surface area contributed by atoms with Crippen molar-refractivity contribution in [1.82, 2.24) is 0 Å². The number of methoxy groups -OCH3 is 1. The first kappa shape index (κ1) is 21.1. The molecule has 0 fully saturated rings. The minimum atomic E-state index is -0.210. The van der Waals surface area contributed by atoms with Crippen molar-refractivity contribution in [2.75, 3.05) is 36.7 Å². The highest BCUT2D eigenvalue weighted by molar-refractivity contribution is 6.01. The van der Waals surface area contributed by atoms with Gasteiger partial charge in [0.05, 0.1) is 24.5 Å². The largest absolute Gasteiger partial charge is 0.496 e. The van der Waals surface area contributed by atoms with Gasteiger partial charge < -0.3 is 20.3 Å². The highest BCUT2D eigenvalue weighted by Gasteiger charge is 2.36. The molecule has 1 heterocycles. The SMILES string of the molecule is COc1ccccc1C1CC(=O)C2=C(C1)Nc1ccccc1NC2c1ccc(N(C)C)cc1. The molecule has 2 unspecified atom stereocenters. The van der Waals surface area contributed by atoms with E-state index < -0.39 is 0 Å². The summed E-state index contributed by atoms with van der Waals surface area (Å²) in [6, 6.07) is 24.4. The fraction of sp³-hybridized carbons (Fsp3) is 0.250. The van der Waals surface area contributed by atoms with Crippen LogP contribution in [0, 0.1) is 0 Å². The lowest BCUT2D eigenvalue weighted by atomic mass is 9.78. The van der Waals surface area contributed by atoms with E-state index in [4.69, 9.17) is 4.74 Å². The number of hydrogen-bond acceptors (Lipinski definition) is 5. The van der Waals surface area contributed by atoms with Crippen molar-refractivity contribution in [2.24, 2.45) is 0 Å². The molecule has 5 heteroatoms. The van der Waals surface area contributed by atoms with Crippen molar-refractivity contribution < 1.29 is 9.53 Å². The van der Waals surface area contributed by atoms with Crippen LogP contribution in [0.25, 0.3) is 0 Å². The Kier molecular flexibility index (Phi) is 5.55. The first-order valence-electron chi connectivity index (χ1n) is 11.3. The Balaban J connectivity index is 1.59. The van der Waals surface area contributed by atoms with E-state index in [9.17, 15) is 4.79 Å². The number of benzene rings is 3. The fourth-order valence-corrected chi connectivity index (χ4v) is 4.93. The molecular formula is C28H29N3O2. The number of rotatable bonds is 4. The molecule has 3 aromatic carbocycles. The summed E-state index contributed by atoms with van der Waals surface area (Å²) in [5.41, 5.74) is 7.10. The molecule has 2 N–H and O–H groups in total. The van der Waals surface area contributed by atoms with Gasteiger partial charge in [0.2, 0.25) is 0 Å². The van der Waals surface area contributed by atoms with Crippen LogP contribution in [0.3, 0.4) is 0 Å². The molecule has 5 nitrogen and oxygen atoms in total. The summed E-state index contributed by atoms with van der Waals surface area (Å²) in [5, 5.41) is 7.26. The lowest BCUT2D eigenvalue weighted by Gasteiger charge is -2.30. The Morgan fingerprint density at radius 2 is 1.58 bits per heavy atom. The van der Waals surface area contributed by atoms with E-state index in [1.165, 1.54) is 0 Å². The third-order valence-corrected chi connectivity index (χ3v) is 6.63. The number of carbonyl (C=O) groups is 1. The number of nitrogens with one attached hydrogen (secondary N) is 2. The number of hydrogen-bond donors (Lipinski definition) is 2. The van der Waals surface area contributed by atoms with E-state index in [1.54, 1.807) is 7.11 Å². The monoisotopic (exact) mass is 439 g/mol. The Bertz CT molecular complexity index is 1210. The van der Waals surface area contributed by atoms with Crippen LogP contribution in [-0.4, -0.2) is 27.0 Å². The van der Waals surface area contributed by atoms with Crippen molar-refractivity contribution in [1.29, 1.82) is 0 Å². The number of allylic oxidation sites excluding steroid dienone is 1. The van der Waals surface area contributed by atoms with Crippen LogP contribution in [0.1, 0.15) is 35.9 Å². The smallest absolute Gasteiger partial charge is 0.163 e. The van der Waals surface area contributed by atoms with Gasteiger partial charge in [-0.25, -0.2) is 0 Å². The number of Topliss-reactive ketones (excluding diaryl/α,β-unsaturated/α-hetero) is 1. The van der Waals surface area contributed by atoms with E-state index in [0.717, 1.165) is 51.6 Å². The van der Waals surface area contributed by atoms with Crippen molar-refractivity contribution in [3.8, 4) is 5.75 Å². The quantitative estimate of drug-likeness (QED) is 0.543. The molecule has 3 aromatic rings. The van der Waals surface area contributed by atoms with Crippen molar-refractivity contribution in [3.63, 3.8) is 0 Å². The molecule has 0 bridgehead atoms. The molecule has 5 rings (SSSR count). The summed E-state index contributed by atoms with van der Waals surface area (Å²) in [4.78, 5) is 15.8. The predicted octanol–water partition coefficient (Wildman–Crippen LogP) is 5.74. The normalized spacial score (nSPS) is 19.5. The molecule has 0 amide bonds. The van der Waals surface area contributed by atoms with Crippen molar-refractivity contribution in [3.05, 3.63) is 95.2 Å². The minimum absolute atomic E-state index is 0.0712. The van der Waals surface area contributed by atoms with Gasteiger partial charge in [-0.05, 0) is 47.9 Å². The van der Waals surface area contributed by atoms with E-state index in [2.05, 4.69) is 58.0 Å². The number of fused-ring (bicyclic) bond motifs is 1. The van der Waals surface area contributed by atoms with Gasteiger partial charge >= 0.3 is 0 Å². The summed E-state index contributed by atoms with van der Waals surface area (Å²) in [6.45, 7) is 0. The van der Waals surface area contributed by atoms with E-state index >= 15 is 0 Å². The standard InChI is InChI=1S/C28H29N3O2/c1-31(2)20-14-12-18(13-15-20)28-27-24(29-22-9-5-6-10-23(22)30-28)16-19(17-25(27)32)21-8-4-7-11-26(21)33-3/h4-15,19,28-30H,16-17H2,1-3H3. The van der Waals surface area contributed by atoms with Gasteiger partial charge in [0, 0.05) is 43.4 Å². The van der Waals surface area contributed by atoms with Gasteiger partial charge in [-0.15, -0.1) is 0 Å². The van der Waals surface area contributed by atoms with Crippen LogP contribution in [0.4, 0.5) is 17.1 Å². The Labute approximate surface area is 195 Å². The maximum atomic E-state index is 13.7. The van der Waals surface area contributed by atoms with Crippen LogP contribution in [-0.2, 0) is 4.79 Å². The third-order valence-electron chi connectivity index (χ3n) is 6.63. The van der Waals surface area contributed by atoms with Gasteiger partial charge in [-0.2, -0.15) is 0 Å². The second-order valence-corrected chi connectivity index (χ2v) is 8.90. The van der Waals surface area contributed by atoms with Crippen LogP contribution < -0.4 is 20.3 Å². The lowest BCUT2D eigenvalue weighted by molar-refractivity contribution is -0.116. The van der Waals surface area contributed by atoms with E-state index in [-0.39, 0.29) is 17.7 Å². The van der Waals surface area contributed by atoms with Crippen molar-refractivity contribution >= 4 is 22.8 Å². The zero-order chi connectivity index (χ0) is 22.9. The molecule has 0 saturated carbocycles. The first-order chi connectivity index (χ1) is 16.0. The van der Waals surface area contributed by atoms with Gasteiger partial charge in [0.15, 0.2) is 5.78 Å². The molecule has 2 aliphatic rings. The molecule has 0 aromatic heterocycles. The predicted molar refractivity (Wildman–Crippen MR) is 134 cm³/mol. The van der Waals surface area contributed by atoms with Gasteiger partial charge in [0.25, 0.3) is 0 Å². The average molecular weight is 440 g/mol. The zero-order valence-corrected chi connectivity index (χ0v) is 19.3. The summed E-state index contributed by atoms with van der Waals surface area (Å²) in [5.74, 6) is 1.07.